The molecule has 0 bridgehead atoms. The van der Waals surface area contributed by atoms with Crippen molar-refractivity contribution >= 4 is 21.8 Å². The molecule has 1 saturated carbocycles. The van der Waals surface area contributed by atoms with E-state index in [4.69, 9.17) is 0 Å². The molecule has 0 unspecified atom stereocenters. The van der Waals surface area contributed by atoms with Crippen LogP contribution in [0.5, 0.6) is 0 Å². The molecule has 3 rings (SSSR count). The van der Waals surface area contributed by atoms with Gasteiger partial charge in [0.1, 0.15) is 0 Å². The Morgan fingerprint density at radius 3 is 2.50 bits per heavy atom. The van der Waals surface area contributed by atoms with Crippen molar-refractivity contribution in [2.45, 2.75) is 31.1 Å². The average Bonchev–Trinajstić information content (AvgIpc) is 2.47. The average molecular weight is 358 g/mol. The van der Waals surface area contributed by atoms with Crippen molar-refractivity contribution in [3.8, 4) is 0 Å². The summed E-state index contributed by atoms with van der Waals surface area (Å²) in [6.45, 7) is 0.740. The number of carbonyl (C=O) groups is 1. The molecule has 0 aliphatic heterocycles. The van der Waals surface area contributed by atoms with Crippen LogP contribution >= 0.6 is 15.9 Å². The molecule has 0 saturated heterocycles. The molecule has 1 fully saturated rings. The third-order valence-corrected chi connectivity index (χ3v) is 5.07. The van der Waals surface area contributed by atoms with Crippen molar-refractivity contribution in [2.75, 3.05) is 6.54 Å². The molecule has 1 amide bonds. The number of amides is 1. The summed E-state index contributed by atoms with van der Waals surface area (Å²) in [5.41, 5.74) is 2.53. The van der Waals surface area contributed by atoms with Crippen molar-refractivity contribution in [2.24, 2.45) is 0 Å². The van der Waals surface area contributed by atoms with E-state index in [0.717, 1.165) is 29.4 Å². The highest BCUT2D eigenvalue weighted by Gasteiger charge is 2.38. The maximum Gasteiger partial charge on any atom is 0.224 e. The van der Waals surface area contributed by atoms with Crippen LogP contribution in [0.15, 0.2) is 59.1 Å². The molecule has 114 valence electrons. The van der Waals surface area contributed by atoms with E-state index in [-0.39, 0.29) is 11.3 Å². The maximum atomic E-state index is 12.2. The second-order valence-electron chi connectivity index (χ2n) is 6.08. The van der Waals surface area contributed by atoms with Gasteiger partial charge in [-0.15, -0.1) is 0 Å². The molecule has 0 spiro atoms. The molecule has 1 aliphatic carbocycles. The van der Waals surface area contributed by atoms with E-state index in [0.29, 0.717) is 6.42 Å². The number of rotatable bonds is 5. The normalized spacial score (nSPS) is 15.9. The van der Waals surface area contributed by atoms with Gasteiger partial charge in [-0.05, 0) is 36.1 Å². The van der Waals surface area contributed by atoms with Crippen LogP contribution in [0.3, 0.4) is 0 Å². The van der Waals surface area contributed by atoms with Crippen LogP contribution in [0.2, 0.25) is 0 Å². The first-order valence-electron chi connectivity index (χ1n) is 7.75. The van der Waals surface area contributed by atoms with Gasteiger partial charge in [-0.1, -0.05) is 64.8 Å². The van der Waals surface area contributed by atoms with Gasteiger partial charge in [0, 0.05) is 16.4 Å². The molecule has 0 heterocycles. The van der Waals surface area contributed by atoms with Crippen LogP contribution in [-0.2, 0) is 16.6 Å². The number of nitrogens with one attached hydrogen (secondary N) is 1. The molecular formula is C19H20BrNO. The summed E-state index contributed by atoms with van der Waals surface area (Å²) in [4.78, 5) is 12.2. The maximum absolute atomic E-state index is 12.2. The molecule has 3 heteroatoms. The molecule has 0 atom stereocenters. The molecule has 1 aliphatic rings. The molecule has 2 aromatic carbocycles. The van der Waals surface area contributed by atoms with E-state index in [1.54, 1.807) is 0 Å². The molecule has 0 radical (unpaired) electrons. The summed E-state index contributed by atoms with van der Waals surface area (Å²) in [6, 6.07) is 18.5. The number of hydrogen-bond acceptors (Lipinski definition) is 1. The summed E-state index contributed by atoms with van der Waals surface area (Å²) in [5, 5.41) is 3.14. The molecular weight excluding hydrogens is 338 g/mol. The summed E-state index contributed by atoms with van der Waals surface area (Å²) >= 11 is 3.44. The quantitative estimate of drug-likeness (QED) is 0.852. The zero-order chi connectivity index (χ0) is 15.4. The summed E-state index contributed by atoms with van der Waals surface area (Å²) < 4.78 is 1.01. The lowest BCUT2D eigenvalue weighted by atomic mass is 9.64. The number of benzene rings is 2. The van der Waals surface area contributed by atoms with Crippen LogP contribution in [0.25, 0.3) is 0 Å². The fraction of sp³-hybridized carbons (Fsp3) is 0.316. The molecule has 0 aromatic heterocycles. The van der Waals surface area contributed by atoms with Gasteiger partial charge in [0.2, 0.25) is 5.91 Å². The Balaban J connectivity index is 1.60. The molecule has 1 N–H and O–H groups in total. The van der Waals surface area contributed by atoms with Gasteiger partial charge in [-0.3, -0.25) is 4.79 Å². The summed E-state index contributed by atoms with van der Waals surface area (Å²) in [7, 11) is 0. The van der Waals surface area contributed by atoms with E-state index in [2.05, 4.69) is 45.5 Å². The van der Waals surface area contributed by atoms with Crippen molar-refractivity contribution in [3.05, 3.63) is 70.2 Å². The van der Waals surface area contributed by atoms with Gasteiger partial charge in [-0.2, -0.15) is 0 Å². The van der Waals surface area contributed by atoms with Crippen LogP contribution < -0.4 is 5.32 Å². The van der Waals surface area contributed by atoms with Gasteiger partial charge >= 0.3 is 0 Å². The molecule has 2 nitrogen and oxygen atoms in total. The van der Waals surface area contributed by atoms with E-state index in [1.165, 1.54) is 12.0 Å². The van der Waals surface area contributed by atoms with Crippen LogP contribution in [-0.4, -0.2) is 12.5 Å². The largest absolute Gasteiger partial charge is 0.355 e. The SMILES string of the molecule is O=C(Cc1cccc(Br)c1)NCC1(c2ccccc2)CCC1. The smallest absolute Gasteiger partial charge is 0.224 e. The zero-order valence-electron chi connectivity index (χ0n) is 12.5. The van der Waals surface area contributed by atoms with Gasteiger partial charge < -0.3 is 5.32 Å². The van der Waals surface area contributed by atoms with Crippen LogP contribution in [0, 0.1) is 0 Å². The van der Waals surface area contributed by atoms with Gasteiger partial charge in [0.05, 0.1) is 6.42 Å². The Labute approximate surface area is 140 Å². The Bertz CT molecular complexity index is 649. The first-order valence-corrected chi connectivity index (χ1v) is 8.54. The third kappa shape index (κ3) is 3.41. The monoisotopic (exact) mass is 357 g/mol. The standard InChI is InChI=1S/C19H20BrNO/c20-17-9-4-6-15(12-17)13-18(22)21-14-19(10-5-11-19)16-7-2-1-3-8-16/h1-4,6-9,12H,5,10-11,13-14H2,(H,21,22). The second kappa shape index (κ2) is 6.66. The van der Waals surface area contributed by atoms with E-state index in [9.17, 15) is 4.79 Å². The predicted octanol–water partition coefficient (Wildman–Crippen LogP) is 4.23. The molecule has 2 aromatic rings. The van der Waals surface area contributed by atoms with Crippen molar-refractivity contribution in [1.29, 1.82) is 0 Å². The Morgan fingerprint density at radius 1 is 1.09 bits per heavy atom. The fourth-order valence-electron chi connectivity index (χ4n) is 3.13. The molecule has 22 heavy (non-hydrogen) atoms. The number of carbonyl (C=O) groups excluding carboxylic acids is 1. The highest BCUT2D eigenvalue weighted by atomic mass is 79.9. The summed E-state index contributed by atoms with van der Waals surface area (Å²) in [5.74, 6) is 0.0975. The Hall–Kier alpha value is -1.61. The third-order valence-electron chi connectivity index (χ3n) is 4.57. The van der Waals surface area contributed by atoms with Gasteiger partial charge in [-0.25, -0.2) is 0 Å². The topological polar surface area (TPSA) is 29.1 Å². The summed E-state index contributed by atoms with van der Waals surface area (Å²) in [6.07, 6.45) is 4.00. The van der Waals surface area contributed by atoms with E-state index in [1.807, 2.05) is 30.3 Å². The minimum Gasteiger partial charge on any atom is -0.355 e. The second-order valence-corrected chi connectivity index (χ2v) is 7.00. The highest BCUT2D eigenvalue weighted by Crippen LogP contribution is 2.43. The van der Waals surface area contributed by atoms with Crippen molar-refractivity contribution < 1.29 is 4.79 Å². The van der Waals surface area contributed by atoms with E-state index >= 15 is 0 Å². The van der Waals surface area contributed by atoms with Crippen molar-refractivity contribution in [1.82, 2.24) is 5.32 Å². The van der Waals surface area contributed by atoms with Gasteiger partial charge in [0.15, 0.2) is 0 Å². The number of halogens is 1. The van der Waals surface area contributed by atoms with Crippen LogP contribution in [0.1, 0.15) is 30.4 Å². The van der Waals surface area contributed by atoms with Gasteiger partial charge in [0.25, 0.3) is 0 Å². The van der Waals surface area contributed by atoms with Crippen molar-refractivity contribution in [3.63, 3.8) is 0 Å². The first-order chi connectivity index (χ1) is 10.7. The minimum atomic E-state index is 0.0975. The van der Waals surface area contributed by atoms with Crippen LogP contribution in [0.4, 0.5) is 0 Å². The minimum absolute atomic E-state index is 0.0975. The highest BCUT2D eigenvalue weighted by molar-refractivity contribution is 9.10. The lowest BCUT2D eigenvalue weighted by Crippen LogP contribution is -2.45. The predicted molar refractivity (Wildman–Crippen MR) is 92.8 cm³/mol. The lowest BCUT2D eigenvalue weighted by Gasteiger charge is -2.42. The number of hydrogen-bond donors (Lipinski definition) is 1. The zero-order valence-corrected chi connectivity index (χ0v) is 14.1. The van der Waals surface area contributed by atoms with E-state index < -0.39 is 0 Å². The first kappa shape index (κ1) is 15.3. The lowest BCUT2D eigenvalue weighted by molar-refractivity contribution is -0.120. The fourth-order valence-corrected chi connectivity index (χ4v) is 3.57. The Kier molecular flexibility index (Phi) is 4.63. The Morgan fingerprint density at radius 2 is 1.86 bits per heavy atom.